The number of ether oxygens (including phenoxy) is 2. The molecule has 1 N–H and O–H groups in total. The first-order valence-electron chi connectivity index (χ1n) is 5.33. The Morgan fingerprint density at radius 3 is 2.94 bits per heavy atom. The first-order valence-corrected chi connectivity index (χ1v) is 5.33. The quantitative estimate of drug-likeness (QED) is 0.774. The van der Waals surface area contributed by atoms with Gasteiger partial charge in [-0.25, -0.2) is 0 Å². The summed E-state index contributed by atoms with van der Waals surface area (Å²) in [4.78, 5) is 11.1. The molecule has 0 aliphatic carbocycles. The predicted octanol–water partition coefficient (Wildman–Crippen LogP) is 1.26. The molecule has 3 atom stereocenters. The van der Waals surface area contributed by atoms with Gasteiger partial charge in [0.25, 0.3) is 0 Å². The molecular formula is C12H12O4. The number of benzene rings is 1. The van der Waals surface area contributed by atoms with Crippen molar-refractivity contribution in [1.29, 1.82) is 0 Å². The Hall–Kier alpha value is -1.55. The number of para-hydroxylation sites is 1. The maximum absolute atomic E-state index is 11.1. The summed E-state index contributed by atoms with van der Waals surface area (Å²) in [6, 6.07) is 7.60. The molecule has 4 nitrogen and oxygen atoms in total. The molecule has 4 heteroatoms. The highest BCUT2D eigenvalue weighted by Gasteiger charge is 2.45. The second kappa shape index (κ2) is 3.49. The van der Waals surface area contributed by atoms with Gasteiger partial charge < -0.3 is 14.6 Å². The van der Waals surface area contributed by atoms with E-state index in [1.165, 1.54) is 0 Å². The molecule has 2 heterocycles. The molecule has 1 saturated heterocycles. The van der Waals surface area contributed by atoms with Crippen molar-refractivity contribution in [3.63, 3.8) is 0 Å². The van der Waals surface area contributed by atoms with E-state index in [-0.39, 0.29) is 18.6 Å². The van der Waals surface area contributed by atoms with Crippen LogP contribution in [0.3, 0.4) is 0 Å². The molecule has 3 unspecified atom stereocenters. The molecule has 0 aromatic heterocycles. The van der Waals surface area contributed by atoms with Gasteiger partial charge >= 0.3 is 5.97 Å². The Bertz CT molecular complexity index is 429. The Balaban J connectivity index is 2.04. The van der Waals surface area contributed by atoms with Crippen LogP contribution in [0.25, 0.3) is 0 Å². The van der Waals surface area contributed by atoms with Crippen molar-refractivity contribution in [2.75, 3.05) is 13.2 Å². The molecule has 1 aromatic rings. The van der Waals surface area contributed by atoms with Crippen molar-refractivity contribution in [2.24, 2.45) is 5.92 Å². The molecule has 2 aliphatic rings. The molecule has 84 valence electrons. The molecule has 1 aromatic carbocycles. The Labute approximate surface area is 92.8 Å². The largest absolute Gasteiger partial charge is 0.491 e. The predicted molar refractivity (Wildman–Crippen MR) is 55.5 cm³/mol. The second-order valence-electron chi connectivity index (χ2n) is 4.19. The van der Waals surface area contributed by atoms with Crippen LogP contribution in [0.4, 0.5) is 0 Å². The first-order chi connectivity index (χ1) is 7.77. The topological polar surface area (TPSA) is 55.8 Å². The van der Waals surface area contributed by atoms with Gasteiger partial charge in [0.05, 0.1) is 18.6 Å². The molecule has 0 radical (unpaired) electrons. The van der Waals surface area contributed by atoms with E-state index in [1.54, 1.807) is 0 Å². The van der Waals surface area contributed by atoms with Crippen LogP contribution in [0.5, 0.6) is 5.75 Å². The van der Waals surface area contributed by atoms with Crippen LogP contribution in [0.1, 0.15) is 11.5 Å². The van der Waals surface area contributed by atoms with Gasteiger partial charge in [0.1, 0.15) is 12.4 Å². The Morgan fingerprint density at radius 2 is 2.12 bits per heavy atom. The summed E-state index contributed by atoms with van der Waals surface area (Å²) in [5, 5.41) is 9.16. The fraction of sp³-hybridized carbons (Fsp3) is 0.417. The van der Waals surface area contributed by atoms with E-state index in [1.807, 2.05) is 24.3 Å². The van der Waals surface area contributed by atoms with Crippen molar-refractivity contribution >= 4 is 5.97 Å². The molecule has 0 saturated carbocycles. The Kier molecular flexibility index (Phi) is 2.11. The van der Waals surface area contributed by atoms with Crippen molar-refractivity contribution in [2.45, 2.75) is 12.0 Å². The summed E-state index contributed by atoms with van der Waals surface area (Å²) >= 11 is 0. The van der Waals surface area contributed by atoms with Gasteiger partial charge in [-0.3, -0.25) is 4.79 Å². The lowest BCUT2D eigenvalue weighted by Gasteiger charge is -2.28. The van der Waals surface area contributed by atoms with E-state index in [0.29, 0.717) is 6.61 Å². The molecule has 0 spiro atoms. The zero-order valence-electron chi connectivity index (χ0n) is 8.63. The standard InChI is InChI=1S/C12H12O4/c13-12(14)8-5-15-10-6-16-9-4-2-1-3-7(9)11(8)10/h1-4,8,10-11H,5-6H2,(H,13,14). The zero-order chi connectivity index (χ0) is 11.1. The Morgan fingerprint density at radius 1 is 1.31 bits per heavy atom. The van der Waals surface area contributed by atoms with Crippen LogP contribution in [0.2, 0.25) is 0 Å². The normalized spacial score (nSPS) is 31.4. The highest BCUT2D eigenvalue weighted by molar-refractivity contribution is 5.72. The van der Waals surface area contributed by atoms with Crippen molar-refractivity contribution in [3.8, 4) is 5.75 Å². The zero-order valence-corrected chi connectivity index (χ0v) is 8.63. The van der Waals surface area contributed by atoms with Crippen LogP contribution in [0.15, 0.2) is 24.3 Å². The van der Waals surface area contributed by atoms with Crippen LogP contribution in [-0.2, 0) is 9.53 Å². The lowest BCUT2D eigenvalue weighted by atomic mass is 9.83. The minimum atomic E-state index is -0.788. The molecule has 16 heavy (non-hydrogen) atoms. The number of hydrogen-bond acceptors (Lipinski definition) is 3. The fourth-order valence-corrected chi connectivity index (χ4v) is 2.55. The lowest BCUT2D eigenvalue weighted by Crippen LogP contribution is -2.32. The average Bonchev–Trinajstić information content (AvgIpc) is 2.73. The van der Waals surface area contributed by atoms with Gasteiger partial charge in [-0.2, -0.15) is 0 Å². The van der Waals surface area contributed by atoms with E-state index in [9.17, 15) is 4.79 Å². The number of rotatable bonds is 1. The SMILES string of the molecule is O=C(O)C1COC2COc3ccccc3C21. The highest BCUT2D eigenvalue weighted by atomic mass is 16.5. The maximum atomic E-state index is 11.1. The second-order valence-corrected chi connectivity index (χ2v) is 4.19. The van der Waals surface area contributed by atoms with Gasteiger partial charge in [0.15, 0.2) is 0 Å². The van der Waals surface area contributed by atoms with Gasteiger partial charge in [0.2, 0.25) is 0 Å². The number of carbonyl (C=O) groups is 1. The molecule has 0 bridgehead atoms. The number of carboxylic acid groups (broad SMARTS) is 1. The summed E-state index contributed by atoms with van der Waals surface area (Å²) in [5.41, 5.74) is 0.962. The summed E-state index contributed by atoms with van der Waals surface area (Å²) in [6.07, 6.45) is -0.115. The smallest absolute Gasteiger partial charge is 0.309 e. The summed E-state index contributed by atoms with van der Waals surface area (Å²) in [7, 11) is 0. The van der Waals surface area contributed by atoms with Crippen LogP contribution in [0, 0.1) is 5.92 Å². The first kappa shape index (κ1) is 9.66. The summed E-state index contributed by atoms with van der Waals surface area (Å²) < 4.78 is 11.0. The third-order valence-corrected chi connectivity index (χ3v) is 3.32. The van der Waals surface area contributed by atoms with Crippen molar-refractivity contribution < 1.29 is 19.4 Å². The number of carboxylic acids is 1. The van der Waals surface area contributed by atoms with Gasteiger partial charge in [-0.05, 0) is 6.07 Å². The van der Waals surface area contributed by atoms with Crippen molar-refractivity contribution in [1.82, 2.24) is 0 Å². The molecule has 0 amide bonds. The summed E-state index contributed by atoms with van der Waals surface area (Å²) in [6.45, 7) is 0.730. The van der Waals surface area contributed by atoms with E-state index in [4.69, 9.17) is 14.6 Å². The van der Waals surface area contributed by atoms with E-state index >= 15 is 0 Å². The highest BCUT2D eigenvalue weighted by Crippen LogP contribution is 2.43. The van der Waals surface area contributed by atoms with Crippen LogP contribution >= 0.6 is 0 Å². The van der Waals surface area contributed by atoms with E-state index < -0.39 is 11.9 Å². The lowest BCUT2D eigenvalue weighted by molar-refractivity contribution is -0.142. The minimum Gasteiger partial charge on any atom is -0.491 e. The minimum absolute atomic E-state index is 0.0672. The van der Waals surface area contributed by atoms with Gasteiger partial charge in [-0.15, -0.1) is 0 Å². The number of fused-ring (bicyclic) bond motifs is 3. The molecular weight excluding hydrogens is 208 g/mol. The van der Waals surface area contributed by atoms with E-state index in [0.717, 1.165) is 11.3 Å². The third-order valence-electron chi connectivity index (χ3n) is 3.32. The monoisotopic (exact) mass is 220 g/mol. The fourth-order valence-electron chi connectivity index (χ4n) is 2.55. The van der Waals surface area contributed by atoms with Crippen LogP contribution < -0.4 is 4.74 Å². The average molecular weight is 220 g/mol. The number of hydrogen-bond donors (Lipinski definition) is 1. The third kappa shape index (κ3) is 1.30. The van der Waals surface area contributed by atoms with Crippen molar-refractivity contribution in [3.05, 3.63) is 29.8 Å². The van der Waals surface area contributed by atoms with E-state index in [2.05, 4.69) is 0 Å². The van der Waals surface area contributed by atoms with Crippen LogP contribution in [-0.4, -0.2) is 30.4 Å². The molecule has 3 rings (SSSR count). The molecule has 1 fully saturated rings. The molecule has 2 aliphatic heterocycles. The summed E-state index contributed by atoms with van der Waals surface area (Å²) in [5.74, 6) is -0.512. The van der Waals surface area contributed by atoms with Gasteiger partial charge in [-0.1, -0.05) is 18.2 Å². The van der Waals surface area contributed by atoms with Gasteiger partial charge in [0, 0.05) is 11.5 Å². The number of aliphatic carboxylic acids is 1. The maximum Gasteiger partial charge on any atom is 0.309 e.